The summed E-state index contributed by atoms with van der Waals surface area (Å²) in [6, 6.07) is 4.84. The van der Waals surface area contributed by atoms with Gasteiger partial charge in [-0.3, -0.25) is 9.67 Å². The largest absolute Gasteiger partial charge is 0.310 e. The Hall–Kier alpha value is -1.68. The Balaban J connectivity index is 1.98. The van der Waals surface area contributed by atoms with E-state index in [4.69, 9.17) is 0 Å². The average Bonchev–Trinajstić information content (AvgIpc) is 3.07. The Morgan fingerprint density at radius 2 is 2.26 bits per heavy atom. The highest BCUT2D eigenvalue weighted by atomic mass is 15.3. The van der Waals surface area contributed by atoms with Gasteiger partial charge in [0.2, 0.25) is 0 Å². The molecule has 1 N–H and O–H groups in total. The van der Waals surface area contributed by atoms with Gasteiger partial charge < -0.3 is 5.32 Å². The van der Waals surface area contributed by atoms with Crippen molar-refractivity contribution in [3.63, 3.8) is 0 Å². The first-order chi connectivity index (χ1) is 9.28. The van der Waals surface area contributed by atoms with E-state index in [1.165, 1.54) is 18.4 Å². The SMILES string of the molecule is CCn1nc(C)cc1-c1cncc(C2CCCN2)c1. The molecule has 4 heteroatoms. The number of pyridine rings is 1. The van der Waals surface area contributed by atoms with Gasteiger partial charge in [-0.25, -0.2) is 0 Å². The first kappa shape index (κ1) is 12.4. The first-order valence-electron chi connectivity index (χ1n) is 7.01. The van der Waals surface area contributed by atoms with E-state index < -0.39 is 0 Å². The number of hydrogen-bond donors (Lipinski definition) is 1. The third kappa shape index (κ3) is 2.40. The average molecular weight is 256 g/mol. The Morgan fingerprint density at radius 3 is 3.00 bits per heavy atom. The second-order valence-electron chi connectivity index (χ2n) is 5.14. The molecule has 0 aromatic carbocycles. The van der Waals surface area contributed by atoms with Gasteiger partial charge in [-0.1, -0.05) is 0 Å². The molecule has 3 heterocycles. The zero-order valence-electron chi connectivity index (χ0n) is 11.6. The maximum Gasteiger partial charge on any atom is 0.0700 e. The molecule has 4 nitrogen and oxygen atoms in total. The molecule has 0 aliphatic carbocycles. The van der Waals surface area contributed by atoms with Crippen LogP contribution in [0.1, 0.15) is 37.1 Å². The van der Waals surface area contributed by atoms with Crippen molar-refractivity contribution in [2.45, 2.75) is 39.3 Å². The van der Waals surface area contributed by atoms with Crippen molar-refractivity contribution in [3.8, 4) is 11.3 Å². The Kier molecular flexibility index (Phi) is 3.34. The summed E-state index contributed by atoms with van der Waals surface area (Å²) >= 11 is 0. The summed E-state index contributed by atoms with van der Waals surface area (Å²) in [7, 11) is 0. The van der Waals surface area contributed by atoms with E-state index in [9.17, 15) is 0 Å². The fourth-order valence-corrected chi connectivity index (χ4v) is 2.78. The summed E-state index contributed by atoms with van der Waals surface area (Å²) in [5, 5.41) is 8.03. The molecule has 2 aromatic heterocycles. The van der Waals surface area contributed by atoms with E-state index in [0.29, 0.717) is 6.04 Å². The van der Waals surface area contributed by atoms with Crippen LogP contribution in [0, 0.1) is 6.92 Å². The number of aryl methyl sites for hydroxylation is 2. The lowest BCUT2D eigenvalue weighted by atomic mass is 10.0. The van der Waals surface area contributed by atoms with Gasteiger partial charge in [0.05, 0.1) is 11.4 Å². The molecule has 1 aliphatic rings. The number of nitrogens with one attached hydrogen (secondary N) is 1. The van der Waals surface area contributed by atoms with Crippen molar-refractivity contribution in [3.05, 3.63) is 35.8 Å². The predicted molar refractivity (Wildman–Crippen MR) is 75.8 cm³/mol. The molecule has 2 aromatic rings. The molecule has 0 saturated carbocycles. The summed E-state index contributed by atoms with van der Waals surface area (Å²) in [6.07, 6.45) is 6.37. The number of aromatic nitrogens is 3. The minimum atomic E-state index is 0.464. The van der Waals surface area contributed by atoms with Gasteiger partial charge in [-0.05, 0) is 50.9 Å². The summed E-state index contributed by atoms with van der Waals surface area (Å²) < 4.78 is 2.04. The van der Waals surface area contributed by atoms with Crippen molar-refractivity contribution in [1.82, 2.24) is 20.1 Å². The normalized spacial score (nSPS) is 18.9. The smallest absolute Gasteiger partial charge is 0.0700 e. The van der Waals surface area contributed by atoms with E-state index in [1.807, 2.05) is 24.0 Å². The monoisotopic (exact) mass is 256 g/mol. The van der Waals surface area contributed by atoms with E-state index in [0.717, 1.165) is 30.0 Å². The summed E-state index contributed by atoms with van der Waals surface area (Å²) in [5.74, 6) is 0. The number of rotatable bonds is 3. The Labute approximate surface area is 113 Å². The van der Waals surface area contributed by atoms with Gasteiger partial charge in [-0.15, -0.1) is 0 Å². The topological polar surface area (TPSA) is 42.7 Å². The summed E-state index contributed by atoms with van der Waals surface area (Å²) in [5.41, 5.74) is 4.67. The highest BCUT2D eigenvalue weighted by molar-refractivity contribution is 5.60. The minimum Gasteiger partial charge on any atom is -0.310 e. The number of nitrogens with zero attached hydrogens (tertiary/aromatic N) is 3. The molecule has 3 rings (SSSR count). The lowest BCUT2D eigenvalue weighted by molar-refractivity contribution is 0.643. The van der Waals surface area contributed by atoms with Crippen LogP contribution < -0.4 is 5.32 Å². The van der Waals surface area contributed by atoms with Crippen molar-refractivity contribution in [2.24, 2.45) is 0 Å². The van der Waals surface area contributed by atoms with Gasteiger partial charge in [0.1, 0.15) is 0 Å². The van der Waals surface area contributed by atoms with Crippen molar-refractivity contribution >= 4 is 0 Å². The zero-order chi connectivity index (χ0) is 13.2. The Bertz CT molecular complexity index is 567. The maximum absolute atomic E-state index is 4.51. The molecule has 100 valence electrons. The van der Waals surface area contributed by atoms with E-state index in [-0.39, 0.29) is 0 Å². The molecule has 1 fully saturated rings. The van der Waals surface area contributed by atoms with Crippen LogP contribution in [0.25, 0.3) is 11.3 Å². The fraction of sp³-hybridized carbons (Fsp3) is 0.467. The van der Waals surface area contributed by atoms with Gasteiger partial charge in [0, 0.05) is 30.5 Å². The second kappa shape index (κ2) is 5.13. The van der Waals surface area contributed by atoms with Crippen molar-refractivity contribution in [2.75, 3.05) is 6.54 Å². The third-order valence-corrected chi connectivity index (χ3v) is 3.72. The summed E-state index contributed by atoms with van der Waals surface area (Å²) in [6.45, 7) is 6.15. The van der Waals surface area contributed by atoms with Gasteiger partial charge in [0.25, 0.3) is 0 Å². The number of hydrogen-bond acceptors (Lipinski definition) is 3. The minimum absolute atomic E-state index is 0.464. The standard InChI is InChI=1S/C15H20N4/c1-3-19-15(7-11(2)18-19)13-8-12(9-16-10-13)14-5-4-6-17-14/h7-10,14,17H,3-6H2,1-2H3. The van der Waals surface area contributed by atoms with Crippen LogP contribution in [-0.2, 0) is 6.54 Å². The van der Waals surface area contributed by atoms with Gasteiger partial charge in [-0.2, -0.15) is 5.10 Å². The lowest BCUT2D eigenvalue weighted by Crippen LogP contribution is -2.13. The molecule has 19 heavy (non-hydrogen) atoms. The van der Waals surface area contributed by atoms with Crippen LogP contribution in [0.3, 0.4) is 0 Å². The third-order valence-electron chi connectivity index (χ3n) is 3.72. The molecule has 0 spiro atoms. The zero-order valence-corrected chi connectivity index (χ0v) is 11.6. The second-order valence-corrected chi connectivity index (χ2v) is 5.14. The molecule has 0 radical (unpaired) electrons. The van der Waals surface area contributed by atoms with E-state index in [2.05, 4.69) is 34.5 Å². The molecule has 0 amide bonds. The highest BCUT2D eigenvalue weighted by Crippen LogP contribution is 2.27. The molecule has 1 saturated heterocycles. The van der Waals surface area contributed by atoms with Crippen LogP contribution in [0.5, 0.6) is 0 Å². The molecular formula is C15H20N4. The van der Waals surface area contributed by atoms with Crippen LogP contribution in [0.4, 0.5) is 0 Å². The van der Waals surface area contributed by atoms with Crippen molar-refractivity contribution < 1.29 is 0 Å². The fourth-order valence-electron chi connectivity index (χ4n) is 2.78. The van der Waals surface area contributed by atoms with Crippen LogP contribution in [0.15, 0.2) is 24.5 Å². The predicted octanol–water partition coefficient (Wildman–Crippen LogP) is 2.70. The molecule has 1 unspecified atom stereocenters. The van der Waals surface area contributed by atoms with E-state index in [1.54, 1.807) is 0 Å². The first-order valence-corrected chi connectivity index (χ1v) is 7.01. The van der Waals surface area contributed by atoms with Crippen molar-refractivity contribution in [1.29, 1.82) is 0 Å². The Morgan fingerprint density at radius 1 is 1.37 bits per heavy atom. The van der Waals surface area contributed by atoms with E-state index >= 15 is 0 Å². The van der Waals surface area contributed by atoms with Crippen LogP contribution >= 0.6 is 0 Å². The van der Waals surface area contributed by atoms with Crippen LogP contribution in [-0.4, -0.2) is 21.3 Å². The molecule has 1 atom stereocenters. The molecular weight excluding hydrogens is 236 g/mol. The van der Waals surface area contributed by atoms with Gasteiger partial charge >= 0.3 is 0 Å². The molecule has 1 aliphatic heterocycles. The van der Waals surface area contributed by atoms with Gasteiger partial charge in [0.15, 0.2) is 0 Å². The van der Waals surface area contributed by atoms with Crippen LogP contribution in [0.2, 0.25) is 0 Å². The quantitative estimate of drug-likeness (QED) is 0.918. The lowest BCUT2D eigenvalue weighted by Gasteiger charge is -2.12. The highest BCUT2D eigenvalue weighted by Gasteiger charge is 2.17. The molecule has 0 bridgehead atoms. The summed E-state index contributed by atoms with van der Waals surface area (Å²) in [4.78, 5) is 4.41. The maximum atomic E-state index is 4.51.